The van der Waals surface area contributed by atoms with Crippen LogP contribution in [-0.2, 0) is 0 Å². The van der Waals surface area contributed by atoms with E-state index >= 15 is 0 Å². The molecular weight excluding hydrogens is 258 g/mol. The van der Waals surface area contributed by atoms with Crippen LogP contribution in [0.3, 0.4) is 0 Å². The van der Waals surface area contributed by atoms with Crippen LogP contribution in [0.2, 0.25) is 0 Å². The fraction of sp³-hybridized carbons (Fsp3) is 0.286. The lowest BCUT2D eigenvalue weighted by atomic mass is 10.1. The van der Waals surface area contributed by atoms with Crippen molar-refractivity contribution in [1.29, 1.82) is 0 Å². The number of nitrogens with zero attached hydrogens (tertiary/aromatic N) is 1. The summed E-state index contributed by atoms with van der Waals surface area (Å²) in [7, 11) is 3.12. The highest BCUT2D eigenvalue weighted by Crippen LogP contribution is 2.29. The zero-order chi connectivity index (χ0) is 14.7. The lowest BCUT2D eigenvalue weighted by Gasteiger charge is -2.12. The van der Waals surface area contributed by atoms with Gasteiger partial charge in [-0.2, -0.15) is 5.10 Å². The summed E-state index contributed by atoms with van der Waals surface area (Å²) in [5.74, 6) is 1.54. The van der Waals surface area contributed by atoms with Crippen molar-refractivity contribution in [2.24, 2.45) is 0 Å². The summed E-state index contributed by atoms with van der Waals surface area (Å²) in [5.41, 5.74) is 2.17. The number of aryl methyl sites for hydroxylation is 1. The number of aromatic amines is 1. The van der Waals surface area contributed by atoms with E-state index in [-0.39, 0.29) is 5.91 Å². The van der Waals surface area contributed by atoms with Gasteiger partial charge in [-0.25, -0.2) is 0 Å². The molecule has 2 rings (SSSR count). The molecule has 0 radical (unpaired) electrons. The van der Waals surface area contributed by atoms with E-state index in [1.54, 1.807) is 32.5 Å². The van der Waals surface area contributed by atoms with E-state index in [0.717, 1.165) is 11.1 Å². The lowest BCUT2D eigenvalue weighted by molar-refractivity contribution is 0.102. The maximum absolute atomic E-state index is 12.2. The third-order valence-corrected chi connectivity index (χ3v) is 3.08. The summed E-state index contributed by atoms with van der Waals surface area (Å²) < 4.78 is 10.5. The Hall–Kier alpha value is -2.50. The number of hydrogen-bond acceptors (Lipinski definition) is 4. The second-order valence-electron chi connectivity index (χ2n) is 4.39. The number of amides is 1. The van der Waals surface area contributed by atoms with Crippen LogP contribution >= 0.6 is 0 Å². The summed E-state index contributed by atoms with van der Waals surface area (Å²) in [6, 6.07) is 3.36. The van der Waals surface area contributed by atoms with Gasteiger partial charge in [-0.1, -0.05) is 0 Å². The van der Waals surface area contributed by atoms with Gasteiger partial charge in [-0.05, 0) is 26.0 Å². The van der Waals surface area contributed by atoms with Gasteiger partial charge in [-0.3, -0.25) is 9.89 Å². The number of hydrogen-bond donors (Lipinski definition) is 2. The van der Waals surface area contributed by atoms with Gasteiger partial charge in [0.05, 0.1) is 20.4 Å². The zero-order valence-electron chi connectivity index (χ0n) is 11.9. The van der Waals surface area contributed by atoms with Crippen LogP contribution in [0, 0.1) is 13.8 Å². The van der Waals surface area contributed by atoms with Gasteiger partial charge in [0, 0.05) is 16.7 Å². The molecule has 6 nitrogen and oxygen atoms in total. The van der Waals surface area contributed by atoms with Crippen molar-refractivity contribution < 1.29 is 14.3 Å². The number of carbonyl (C=O) groups is 1. The minimum absolute atomic E-state index is 0.256. The number of aromatic nitrogens is 2. The number of ether oxygens (including phenoxy) is 2. The second-order valence-corrected chi connectivity index (χ2v) is 4.39. The number of carbonyl (C=O) groups excluding carboxylic acids is 1. The Kier molecular flexibility index (Phi) is 3.93. The fourth-order valence-corrected chi connectivity index (χ4v) is 1.88. The van der Waals surface area contributed by atoms with E-state index in [2.05, 4.69) is 15.5 Å². The molecule has 2 aromatic rings. The van der Waals surface area contributed by atoms with Gasteiger partial charge in [0.2, 0.25) is 0 Å². The number of anilines is 1. The zero-order valence-corrected chi connectivity index (χ0v) is 11.9. The molecule has 1 aromatic carbocycles. The lowest BCUT2D eigenvalue weighted by Crippen LogP contribution is -2.13. The summed E-state index contributed by atoms with van der Waals surface area (Å²) >= 11 is 0. The molecule has 2 N–H and O–H groups in total. The molecule has 0 bridgehead atoms. The first-order chi connectivity index (χ1) is 9.56. The Morgan fingerprint density at radius 2 is 1.80 bits per heavy atom. The number of benzene rings is 1. The van der Waals surface area contributed by atoms with Crippen molar-refractivity contribution >= 4 is 11.7 Å². The number of H-pyrrole nitrogens is 1. The Morgan fingerprint density at radius 3 is 2.25 bits per heavy atom. The highest BCUT2D eigenvalue weighted by Gasteiger charge is 2.14. The van der Waals surface area contributed by atoms with Crippen LogP contribution in [0.4, 0.5) is 5.82 Å². The average molecular weight is 275 g/mol. The second kappa shape index (κ2) is 5.64. The van der Waals surface area contributed by atoms with Gasteiger partial charge in [0.15, 0.2) is 0 Å². The largest absolute Gasteiger partial charge is 0.496 e. The molecule has 0 aliphatic heterocycles. The minimum atomic E-state index is -0.256. The van der Waals surface area contributed by atoms with Gasteiger partial charge in [0.1, 0.15) is 17.3 Å². The molecule has 0 unspecified atom stereocenters. The van der Waals surface area contributed by atoms with Gasteiger partial charge in [0.25, 0.3) is 5.91 Å². The first-order valence-electron chi connectivity index (χ1n) is 6.10. The van der Waals surface area contributed by atoms with Gasteiger partial charge in [-0.15, -0.1) is 0 Å². The SMILES string of the molecule is COc1cc(C(=O)Nc2[nH]ncc2C)cc(OC)c1C. The summed E-state index contributed by atoms with van der Waals surface area (Å²) in [6.07, 6.45) is 1.64. The van der Waals surface area contributed by atoms with Gasteiger partial charge >= 0.3 is 0 Å². The van der Waals surface area contributed by atoms with E-state index in [1.807, 2.05) is 13.8 Å². The van der Waals surface area contributed by atoms with Crippen molar-refractivity contribution in [3.63, 3.8) is 0 Å². The minimum Gasteiger partial charge on any atom is -0.496 e. The smallest absolute Gasteiger partial charge is 0.257 e. The molecule has 0 fully saturated rings. The molecule has 1 aromatic heterocycles. The predicted octanol–water partition coefficient (Wildman–Crippen LogP) is 2.30. The predicted molar refractivity (Wildman–Crippen MR) is 75.6 cm³/mol. The van der Waals surface area contributed by atoms with Crippen LogP contribution in [0.1, 0.15) is 21.5 Å². The van der Waals surface area contributed by atoms with Crippen LogP contribution in [0.5, 0.6) is 11.5 Å². The number of nitrogens with one attached hydrogen (secondary N) is 2. The molecule has 0 aliphatic rings. The number of methoxy groups -OCH3 is 2. The molecule has 6 heteroatoms. The van der Waals surface area contributed by atoms with E-state index in [1.165, 1.54) is 0 Å². The molecule has 0 atom stereocenters. The highest BCUT2D eigenvalue weighted by molar-refractivity contribution is 6.04. The first-order valence-corrected chi connectivity index (χ1v) is 6.10. The van der Waals surface area contributed by atoms with Gasteiger partial charge < -0.3 is 14.8 Å². The van der Waals surface area contributed by atoms with E-state index in [0.29, 0.717) is 22.9 Å². The fourth-order valence-electron chi connectivity index (χ4n) is 1.88. The standard InChI is InChI=1S/C14H17N3O3/c1-8-7-15-17-13(8)16-14(18)10-5-11(19-3)9(2)12(6-10)20-4/h5-7H,1-4H3,(H2,15,16,17,18). The molecule has 20 heavy (non-hydrogen) atoms. The molecule has 0 spiro atoms. The topological polar surface area (TPSA) is 76.2 Å². The molecular formula is C14H17N3O3. The quantitative estimate of drug-likeness (QED) is 0.897. The normalized spacial score (nSPS) is 10.2. The van der Waals surface area contributed by atoms with Crippen molar-refractivity contribution in [2.75, 3.05) is 19.5 Å². The third kappa shape index (κ3) is 2.59. The summed E-state index contributed by atoms with van der Waals surface area (Å²) in [4.78, 5) is 12.2. The van der Waals surface area contributed by atoms with Crippen molar-refractivity contribution in [3.8, 4) is 11.5 Å². The summed E-state index contributed by atoms with van der Waals surface area (Å²) in [5, 5.41) is 9.35. The van der Waals surface area contributed by atoms with Crippen LogP contribution in [0.15, 0.2) is 18.3 Å². The Labute approximate surface area is 117 Å². The number of rotatable bonds is 4. The summed E-state index contributed by atoms with van der Waals surface area (Å²) in [6.45, 7) is 3.73. The molecule has 1 amide bonds. The van der Waals surface area contributed by atoms with Crippen LogP contribution in [-0.4, -0.2) is 30.3 Å². The maximum Gasteiger partial charge on any atom is 0.257 e. The molecule has 0 saturated carbocycles. The van der Waals surface area contributed by atoms with Crippen LogP contribution in [0.25, 0.3) is 0 Å². The molecule has 0 aliphatic carbocycles. The maximum atomic E-state index is 12.2. The Bertz CT molecular complexity index is 609. The van der Waals surface area contributed by atoms with E-state index in [4.69, 9.17) is 9.47 Å². The van der Waals surface area contributed by atoms with Crippen molar-refractivity contribution in [1.82, 2.24) is 10.2 Å². The van der Waals surface area contributed by atoms with Crippen LogP contribution < -0.4 is 14.8 Å². The van der Waals surface area contributed by atoms with E-state index < -0.39 is 0 Å². The van der Waals surface area contributed by atoms with Crippen molar-refractivity contribution in [2.45, 2.75) is 13.8 Å². The Morgan fingerprint density at radius 1 is 1.20 bits per heavy atom. The average Bonchev–Trinajstić information content (AvgIpc) is 2.84. The molecule has 0 saturated heterocycles. The highest BCUT2D eigenvalue weighted by atomic mass is 16.5. The van der Waals surface area contributed by atoms with E-state index in [9.17, 15) is 4.79 Å². The van der Waals surface area contributed by atoms with Crippen molar-refractivity contribution in [3.05, 3.63) is 35.0 Å². The Balaban J connectivity index is 2.32. The molecule has 106 valence electrons. The monoisotopic (exact) mass is 275 g/mol. The third-order valence-electron chi connectivity index (χ3n) is 3.08. The first kappa shape index (κ1) is 13.9. The molecule has 1 heterocycles.